The summed E-state index contributed by atoms with van der Waals surface area (Å²) in [5, 5.41) is 9.36. The van der Waals surface area contributed by atoms with Gasteiger partial charge < -0.3 is 19.3 Å². The van der Waals surface area contributed by atoms with Crippen LogP contribution in [0.4, 0.5) is 0 Å². The maximum atomic E-state index is 12.6. The lowest BCUT2D eigenvalue weighted by Gasteiger charge is -2.12. The number of esters is 3. The van der Waals surface area contributed by atoms with Crippen molar-refractivity contribution in [3.63, 3.8) is 0 Å². The van der Waals surface area contributed by atoms with Crippen LogP contribution in [0.25, 0.3) is 0 Å². The van der Waals surface area contributed by atoms with Gasteiger partial charge in [-0.2, -0.15) is 0 Å². The van der Waals surface area contributed by atoms with Crippen molar-refractivity contribution in [2.24, 2.45) is 0 Å². The van der Waals surface area contributed by atoms with Gasteiger partial charge in [-0.05, 0) is 85.6 Å². The van der Waals surface area contributed by atoms with Crippen molar-refractivity contribution >= 4 is 17.9 Å². The van der Waals surface area contributed by atoms with Gasteiger partial charge in [0.25, 0.3) is 0 Å². The summed E-state index contributed by atoms with van der Waals surface area (Å²) in [6.45, 7) is 7.04. The van der Waals surface area contributed by atoms with Crippen LogP contribution in [0.5, 0.6) is 23.0 Å². The molecule has 0 atom stereocenters. The van der Waals surface area contributed by atoms with Crippen LogP contribution in [-0.4, -0.2) is 23.0 Å². The number of phenols is 1. The quantitative estimate of drug-likeness (QED) is 0.278. The van der Waals surface area contributed by atoms with Crippen LogP contribution in [0.1, 0.15) is 46.5 Å². The lowest BCUT2D eigenvalue weighted by atomic mass is 10.1. The molecule has 0 aliphatic rings. The highest BCUT2D eigenvalue weighted by molar-refractivity contribution is 5.92. The summed E-state index contributed by atoms with van der Waals surface area (Å²) < 4.78 is 16.1. The normalized spacial score (nSPS) is 10.3. The molecule has 0 heterocycles. The number of phenolic OH excluding ortho intramolecular Hbond substituents is 1. The fraction of sp³-hybridized carbons (Fsp3) is 0.148. The molecule has 7 nitrogen and oxygen atoms in total. The zero-order valence-electron chi connectivity index (χ0n) is 18.9. The van der Waals surface area contributed by atoms with E-state index in [0.29, 0.717) is 29.0 Å². The van der Waals surface area contributed by atoms with Gasteiger partial charge in [0.2, 0.25) is 0 Å². The first-order chi connectivity index (χ1) is 16.3. The van der Waals surface area contributed by atoms with E-state index >= 15 is 0 Å². The third-order valence-corrected chi connectivity index (χ3v) is 4.72. The van der Waals surface area contributed by atoms with Gasteiger partial charge in [0.05, 0.1) is 11.1 Å². The number of rotatable bonds is 8. The Hall–Kier alpha value is -4.39. The van der Waals surface area contributed by atoms with E-state index < -0.39 is 17.9 Å². The van der Waals surface area contributed by atoms with E-state index in [4.69, 9.17) is 14.2 Å². The number of hydrogen-bond donors (Lipinski definition) is 1. The molecule has 0 bridgehead atoms. The van der Waals surface area contributed by atoms with Crippen molar-refractivity contribution < 1.29 is 33.7 Å². The molecule has 0 amide bonds. The Kier molecular flexibility index (Phi) is 7.82. The van der Waals surface area contributed by atoms with E-state index in [1.165, 1.54) is 48.5 Å². The molecular formula is C27H24O7. The predicted octanol–water partition coefficient (Wildman–Crippen LogP) is 5.26. The molecule has 1 N–H and O–H groups in total. The van der Waals surface area contributed by atoms with Gasteiger partial charge in [0.15, 0.2) is 0 Å². The van der Waals surface area contributed by atoms with Gasteiger partial charge >= 0.3 is 17.9 Å². The second kappa shape index (κ2) is 11.0. The average molecular weight is 460 g/mol. The summed E-state index contributed by atoms with van der Waals surface area (Å²) in [5.41, 5.74) is 1.55. The van der Waals surface area contributed by atoms with E-state index in [1.807, 2.05) is 6.92 Å². The molecule has 7 heteroatoms. The highest BCUT2D eigenvalue weighted by Gasteiger charge is 2.15. The van der Waals surface area contributed by atoms with Crippen molar-refractivity contribution in [1.82, 2.24) is 0 Å². The van der Waals surface area contributed by atoms with Gasteiger partial charge in [0, 0.05) is 5.57 Å². The largest absolute Gasteiger partial charge is 0.508 e. The second-order valence-corrected chi connectivity index (χ2v) is 7.54. The van der Waals surface area contributed by atoms with E-state index in [9.17, 15) is 19.5 Å². The van der Waals surface area contributed by atoms with Crippen LogP contribution in [-0.2, 0) is 11.2 Å². The van der Waals surface area contributed by atoms with Crippen LogP contribution in [0, 0.1) is 0 Å². The van der Waals surface area contributed by atoms with E-state index in [-0.39, 0.29) is 22.6 Å². The lowest BCUT2D eigenvalue weighted by Crippen LogP contribution is -2.12. The summed E-state index contributed by atoms with van der Waals surface area (Å²) in [6.07, 6.45) is 1.38. The molecule has 0 aliphatic heterocycles. The molecule has 3 aromatic rings. The Morgan fingerprint density at radius 2 is 1.35 bits per heavy atom. The zero-order chi connectivity index (χ0) is 24.7. The molecule has 0 spiro atoms. The number of aromatic hydroxyl groups is 1. The maximum absolute atomic E-state index is 12.6. The maximum Gasteiger partial charge on any atom is 0.343 e. The number of carbonyl (C=O) groups is 3. The Morgan fingerprint density at radius 3 is 1.94 bits per heavy atom. The summed E-state index contributed by atoms with van der Waals surface area (Å²) in [5.74, 6) is -0.695. The van der Waals surface area contributed by atoms with Crippen molar-refractivity contribution in [2.75, 3.05) is 0 Å². The summed E-state index contributed by atoms with van der Waals surface area (Å²) in [6, 6.07) is 16.5. The van der Waals surface area contributed by atoms with Crippen LogP contribution in [0.15, 0.2) is 78.9 Å². The Balaban J connectivity index is 1.71. The lowest BCUT2D eigenvalue weighted by molar-refractivity contribution is -0.130. The molecule has 34 heavy (non-hydrogen) atoms. The van der Waals surface area contributed by atoms with E-state index in [1.54, 1.807) is 25.1 Å². The Bertz CT molecular complexity index is 1210. The first kappa shape index (κ1) is 24.3. The average Bonchev–Trinajstić information content (AvgIpc) is 2.81. The molecule has 0 saturated heterocycles. The molecule has 3 aromatic carbocycles. The van der Waals surface area contributed by atoms with Crippen molar-refractivity contribution in [2.45, 2.75) is 26.7 Å². The number of carbonyl (C=O) groups excluding carboxylic acids is 3. The second-order valence-electron chi connectivity index (χ2n) is 7.54. The van der Waals surface area contributed by atoms with Gasteiger partial charge in [-0.15, -0.1) is 0 Å². The molecule has 0 unspecified atom stereocenters. The molecular weight excluding hydrogens is 436 g/mol. The monoisotopic (exact) mass is 460 g/mol. The van der Waals surface area contributed by atoms with Crippen LogP contribution in [0.3, 0.4) is 0 Å². The summed E-state index contributed by atoms with van der Waals surface area (Å²) >= 11 is 0. The SMILES string of the molecule is C=C(C)C(=O)Oc1ccc(C(=O)Oc2ccc(OC(=O)c3ccc(O)cc3)cc2CCC)cc1. The van der Waals surface area contributed by atoms with Gasteiger partial charge in [-0.1, -0.05) is 19.9 Å². The van der Waals surface area contributed by atoms with Gasteiger partial charge in [-0.25, -0.2) is 14.4 Å². The summed E-state index contributed by atoms with van der Waals surface area (Å²) in [4.78, 5) is 36.6. The summed E-state index contributed by atoms with van der Waals surface area (Å²) in [7, 11) is 0. The molecule has 0 aliphatic carbocycles. The third kappa shape index (κ3) is 6.32. The van der Waals surface area contributed by atoms with Crippen LogP contribution in [0.2, 0.25) is 0 Å². The first-order valence-electron chi connectivity index (χ1n) is 10.6. The van der Waals surface area contributed by atoms with Crippen LogP contribution >= 0.6 is 0 Å². The third-order valence-electron chi connectivity index (χ3n) is 4.72. The minimum absolute atomic E-state index is 0.0514. The first-order valence-corrected chi connectivity index (χ1v) is 10.6. The highest BCUT2D eigenvalue weighted by atomic mass is 16.5. The fourth-order valence-electron chi connectivity index (χ4n) is 2.96. The molecule has 0 aromatic heterocycles. The fourth-order valence-corrected chi connectivity index (χ4v) is 2.96. The van der Waals surface area contributed by atoms with Crippen molar-refractivity contribution in [3.8, 4) is 23.0 Å². The minimum atomic E-state index is -0.580. The Morgan fingerprint density at radius 1 is 0.794 bits per heavy atom. The van der Waals surface area contributed by atoms with E-state index in [2.05, 4.69) is 6.58 Å². The highest BCUT2D eigenvalue weighted by Crippen LogP contribution is 2.27. The number of hydrogen-bond acceptors (Lipinski definition) is 7. The van der Waals surface area contributed by atoms with Gasteiger partial charge in [-0.3, -0.25) is 0 Å². The van der Waals surface area contributed by atoms with Crippen LogP contribution < -0.4 is 14.2 Å². The van der Waals surface area contributed by atoms with Crippen molar-refractivity contribution in [1.29, 1.82) is 0 Å². The number of benzene rings is 3. The molecule has 0 radical (unpaired) electrons. The predicted molar refractivity (Wildman–Crippen MR) is 125 cm³/mol. The number of aryl methyl sites for hydroxylation is 1. The molecule has 0 saturated carbocycles. The van der Waals surface area contributed by atoms with Gasteiger partial charge in [0.1, 0.15) is 23.0 Å². The topological polar surface area (TPSA) is 99.1 Å². The zero-order valence-corrected chi connectivity index (χ0v) is 18.9. The minimum Gasteiger partial charge on any atom is -0.508 e. The van der Waals surface area contributed by atoms with E-state index in [0.717, 1.165) is 6.42 Å². The molecule has 0 fully saturated rings. The smallest absolute Gasteiger partial charge is 0.343 e. The number of ether oxygens (including phenoxy) is 3. The molecule has 174 valence electrons. The Labute approximate surface area is 197 Å². The molecule has 3 rings (SSSR count). The van der Waals surface area contributed by atoms with Crippen molar-refractivity contribution in [3.05, 3.63) is 95.6 Å². The standard InChI is InChI=1S/C27H24O7/c1-4-5-20-16-23(33-26(30)18-6-10-21(28)11-7-18)14-15-24(20)34-27(31)19-8-12-22(13-9-19)32-25(29)17(2)3/h6-16,28H,2,4-5H2,1,3H3.